The average Bonchev–Trinajstić information content (AvgIpc) is 3.27. The summed E-state index contributed by atoms with van der Waals surface area (Å²) in [7, 11) is 0. The largest absolute Gasteiger partial charge is 0.480 e. The first kappa shape index (κ1) is 18.2. The van der Waals surface area contributed by atoms with Gasteiger partial charge >= 0.3 is 5.97 Å². The molecule has 11 nitrogen and oxygen atoms in total. The van der Waals surface area contributed by atoms with Crippen LogP contribution in [0.15, 0.2) is 36.5 Å². The molecule has 1 atom stereocenters. The number of benzene rings is 1. The molecule has 2 aromatic heterocycles. The Bertz CT molecular complexity index is 921. The van der Waals surface area contributed by atoms with Crippen molar-refractivity contribution < 1.29 is 14.7 Å². The van der Waals surface area contributed by atoms with Crippen molar-refractivity contribution in [3.8, 4) is 0 Å². The van der Waals surface area contributed by atoms with E-state index in [-0.39, 0.29) is 19.0 Å². The topological polar surface area (TPSA) is 141 Å². The smallest absolute Gasteiger partial charge is 0.325 e. The second kappa shape index (κ2) is 8.17. The molecule has 0 radical (unpaired) electrons. The summed E-state index contributed by atoms with van der Waals surface area (Å²) < 4.78 is 2.67. The van der Waals surface area contributed by atoms with Crippen molar-refractivity contribution in [2.24, 2.45) is 0 Å². The molecule has 1 amide bonds. The van der Waals surface area contributed by atoms with Gasteiger partial charge in [-0.1, -0.05) is 35.5 Å². The van der Waals surface area contributed by atoms with Crippen LogP contribution in [-0.2, 0) is 29.1 Å². The number of nitrogens with zero attached hydrogens (tertiary/aromatic N) is 7. The molecule has 2 heterocycles. The normalized spacial score (nSPS) is 11.9. The minimum atomic E-state index is -1.02. The van der Waals surface area contributed by atoms with Crippen LogP contribution >= 0.6 is 0 Å². The number of hydrogen-bond donors (Lipinski definition) is 2. The molecule has 0 aliphatic carbocycles. The van der Waals surface area contributed by atoms with Gasteiger partial charge in [0.05, 0.1) is 12.7 Å². The van der Waals surface area contributed by atoms with Crippen LogP contribution in [0.1, 0.15) is 23.1 Å². The van der Waals surface area contributed by atoms with Gasteiger partial charge in [0, 0.05) is 6.42 Å². The van der Waals surface area contributed by atoms with Gasteiger partial charge in [0.1, 0.15) is 24.1 Å². The maximum absolute atomic E-state index is 12.8. The van der Waals surface area contributed by atoms with E-state index in [9.17, 15) is 9.59 Å². The van der Waals surface area contributed by atoms with E-state index >= 15 is 0 Å². The Balaban J connectivity index is 1.70. The molecule has 0 saturated carbocycles. The summed E-state index contributed by atoms with van der Waals surface area (Å²) in [6.07, 6.45) is 1.90. The first-order valence-electron chi connectivity index (χ1n) is 8.20. The molecular formula is C16H18N8O3. The van der Waals surface area contributed by atoms with Crippen molar-refractivity contribution in [1.82, 2.24) is 40.5 Å². The van der Waals surface area contributed by atoms with Crippen LogP contribution in [-0.4, -0.2) is 52.2 Å². The number of tetrazole rings is 1. The highest BCUT2D eigenvalue weighted by molar-refractivity contribution is 5.80. The molecule has 0 aliphatic rings. The highest BCUT2D eigenvalue weighted by atomic mass is 16.4. The zero-order valence-electron chi connectivity index (χ0n) is 14.6. The van der Waals surface area contributed by atoms with Crippen molar-refractivity contribution in [1.29, 1.82) is 0 Å². The molecule has 3 aromatic rings. The SMILES string of the molecule is Cc1nnnn1C(Cc1ccccc1)C(=O)NCc1cn(CC(=O)O)nn1. The third kappa shape index (κ3) is 4.71. The van der Waals surface area contributed by atoms with Gasteiger partial charge in [0.25, 0.3) is 0 Å². The number of rotatable bonds is 8. The summed E-state index contributed by atoms with van der Waals surface area (Å²) in [6.45, 7) is 1.55. The first-order valence-corrected chi connectivity index (χ1v) is 8.20. The van der Waals surface area contributed by atoms with Gasteiger partial charge in [0.2, 0.25) is 5.91 Å². The minimum Gasteiger partial charge on any atom is -0.480 e. The molecule has 2 N–H and O–H groups in total. The number of carbonyl (C=O) groups is 2. The zero-order valence-corrected chi connectivity index (χ0v) is 14.6. The molecule has 3 rings (SSSR count). The third-order valence-corrected chi connectivity index (χ3v) is 3.85. The predicted molar refractivity (Wildman–Crippen MR) is 91.2 cm³/mol. The Hall–Kier alpha value is -3.63. The molecule has 0 spiro atoms. The lowest BCUT2D eigenvalue weighted by Crippen LogP contribution is -2.34. The average molecular weight is 370 g/mol. The molecule has 0 saturated heterocycles. The van der Waals surface area contributed by atoms with E-state index in [0.717, 1.165) is 5.56 Å². The molecule has 140 valence electrons. The van der Waals surface area contributed by atoms with Gasteiger partial charge in [-0.05, 0) is 22.9 Å². The van der Waals surface area contributed by atoms with E-state index in [1.807, 2.05) is 30.3 Å². The lowest BCUT2D eigenvalue weighted by atomic mass is 10.1. The van der Waals surface area contributed by atoms with Gasteiger partial charge in [-0.3, -0.25) is 9.59 Å². The van der Waals surface area contributed by atoms with Crippen molar-refractivity contribution in [3.05, 3.63) is 53.6 Å². The van der Waals surface area contributed by atoms with E-state index in [1.165, 1.54) is 15.6 Å². The maximum Gasteiger partial charge on any atom is 0.325 e. The number of aromatic nitrogens is 7. The van der Waals surface area contributed by atoms with Crippen LogP contribution in [0.4, 0.5) is 0 Å². The number of nitrogens with one attached hydrogen (secondary N) is 1. The molecule has 11 heteroatoms. The van der Waals surface area contributed by atoms with E-state index in [0.29, 0.717) is 17.9 Å². The zero-order chi connectivity index (χ0) is 19.2. The number of amides is 1. The molecule has 0 aliphatic heterocycles. The number of hydrogen-bond acceptors (Lipinski definition) is 7. The Kier molecular flexibility index (Phi) is 5.50. The second-order valence-corrected chi connectivity index (χ2v) is 5.90. The molecule has 1 aromatic carbocycles. The summed E-state index contributed by atoms with van der Waals surface area (Å²) in [6, 6.07) is 8.93. The van der Waals surface area contributed by atoms with Crippen molar-refractivity contribution in [2.45, 2.75) is 32.5 Å². The van der Waals surface area contributed by atoms with E-state index < -0.39 is 12.0 Å². The fourth-order valence-corrected chi connectivity index (χ4v) is 2.58. The highest BCUT2D eigenvalue weighted by Gasteiger charge is 2.24. The lowest BCUT2D eigenvalue weighted by molar-refractivity contribution is -0.138. The van der Waals surface area contributed by atoms with E-state index in [1.54, 1.807) is 6.92 Å². The number of aryl methyl sites for hydroxylation is 1. The van der Waals surface area contributed by atoms with Gasteiger partial charge in [-0.2, -0.15) is 0 Å². The summed E-state index contributed by atoms with van der Waals surface area (Å²) in [5, 5.41) is 30.5. The molecule has 0 fully saturated rings. The fourth-order valence-electron chi connectivity index (χ4n) is 2.58. The van der Waals surface area contributed by atoms with E-state index in [4.69, 9.17) is 5.11 Å². The Morgan fingerprint density at radius 2 is 1.96 bits per heavy atom. The summed E-state index contributed by atoms with van der Waals surface area (Å²) in [5.74, 6) is -0.770. The monoisotopic (exact) mass is 370 g/mol. The second-order valence-electron chi connectivity index (χ2n) is 5.90. The molecule has 1 unspecified atom stereocenters. The highest BCUT2D eigenvalue weighted by Crippen LogP contribution is 2.15. The lowest BCUT2D eigenvalue weighted by Gasteiger charge is -2.17. The summed E-state index contributed by atoms with van der Waals surface area (Å²) in [5.41, 5.74) is 1.43. The number of carbonyl (C=O) groups excluding carboxylic acids is 1. The van der Waals surface area contributed by atoms with Crippen molar-refractivity contribution in [3.63, 3.8) is 0 Å². The summed E-state index contributed by atoms with van der Waals surface area (Å²) in [4.78, 5) is 23.5. The number of carboxylic acid groups (broad SMARTS) is 1. The van der Waals surface area contributed by atoms with Crippen LogP contribution in [0, 0.1) is 6.92 Å². The van der Waals surface area contributed by atoms with Crippen molar-refractivity contribution in [2.75, 3.05) is 0 Å². The molecular weight excluding hydrogens is 352 g/mol. The van der Waals surface area contributed by atoms with Gasteiger partial charge in [0.15, 0.2) is 0 Å². The standard InChI is InChI=1S/C16H18N8O3/c1-11-18-20-22-24(11)14(7-12-5-3-2-4-6-12)16(27)17-8-13-9-23(21-19-13)10-15(25)26/h2-6,9,14H,7-8,10H2,1H3,(H,17,27)(H,25,26). The Morgan fingerprint density at radius 1 is 1.19 bits per heavy atom. The number of aliphatic carboxylic acids is 1. The Morgan fingerprint density at radius 3 is 2.63 bits per heavy atom. The van der Waals surface area contributed by atoms with Gasteiger partial charge in [-0.25, -0.2) is 9.36 Å². The van der Waals surface area contributed by atoms with Crippen LogP contribution < -0.4 is 5.32 Å². The minimum absolute atomic E-state index is 0.116. The van der Waals surface area contributed by atoms with Gasteiger partial charge in [-0.15, -0.1) is 10.2 Å². The Labute approximate surface area is 154 Å². The quantitative estimate of drug-likeness (QED) is 0.553. The molecule has 27 heavy (non-hydrogen) atoms. The van der Waals surface area contributed by atoms with E-state index in [2.05, 4.69) is 31.2 Å². The fraction of sp³-hybridized carbons (Fsp3) is 0.312. The van der Waals surface area contributed by atoms with Crippen molar-refractivity contribution >= 4 is 11.9 Å². The van der Waals surface area contributed by atoms with Crippen LogP contribution in [0.25, 0.3) is 0 Å². The number of carboxylic acids is 1. The molecule has 0 bridgehead atoms. The first-order chi connectivity index (χ1) is 13.0. The van der Waals surface area contributed by atoms with Crippen LogP contribution in [0.5, 0.6) is 0 Å². The van der Waals surface area contributed by atoms with Gasteiger partial charge < -0.3 is 10.4 Å². The predicted octanol–water partition coefficient (Wildman–Crippen LogP) is -0.242. The van der Waals surface area contributed by atoms with Crippen LogP contribution in [0.3, 0.4) is 0 Å². The summed E-state index contributed by atoms with van der Waals surface area (Å²) >= 11 is 0. The van der Waals surface area contributed by atoms with Crippen LogP contribution in [0.2, 0.25) is 0 Å². The third-order valence-electron chi connectivity index (χ3n) is 3.85. The maximum atomic E-state index is 12.8.